The second kappa shape index (κ2) is 6.24. The number of amides is 4. The topological polar surface area (TPSA) is 84.0 Å². The van der Waals surface area contributed by atoms with E-state index in [1.807, 2.05) is 0 Å². The number of carbonyl (C=O) groups excluding carboxylic acids is 4. The van der Waals surface area contributed by atoms with E-state index >= 15 is 0 Å². The lowest BCUT2D eigenvalue weighted by Gasteiger charge is -2.31. The van der Waals surface area contributed by atoms with E-state index in [0.29, 0.717) is 23.7 Å². The van der Waals surface area contributed by atoms with Crippen LogP contribution in [0.1, 0.15) is 39.5 Å². The minimum absolute atomic E-state index is 0.160. The van der Waals surface area contributed by atoms with Gasteiger partial charge in [0.1, 0.15) is 6.54 Å². The molecular formula is C14H20N2O5. The van der Waals surface area contributed by atoms with Crippen LogP contribution in [-0.4, -0.2) is 52.8 Å². The fourth-order valence-corrected chi connectivity index (χ4v) is 2.82. The summed E-state index contributed by atoms with van der Waals surface area (Å²) < 4.78 is 4.72. The number of hydrogen-bond donors (Lipinski definition) is 0. The lowest BCUT2D eigenvalue weighted by atomic mass is 9.87. The van der Waals surface area contributed by atoms with Crippen LogP contribution in [0.5, 0.6) is 0 Å². The van der Waals surface area contributed by atoms with E-state index in [0.717, 1.165) is 17.7 Å². The highest BCUT2D eigenvalue weighted by Gasteiger charge is 2.48. The zero-order valence-electron chi connectivity index (χ0n) is 12.3. The molecule has 2 aliphatic rings. The van der Waals surface area contributed by atoms with Gasteiger partial charge in [-0.15, -0.1) is 0 Å². The molecule has 1 aliphatic carbocycles. The average Bonchev–Trinajstić information content (AvgIpc) is 2.65. The number of rotatable bonds is 4. The number of imide groups is 2. The molecule has 21 heavy (non-hydrogen) atoms. The summed E-state index contributed by atoms with van der Waals surface area (Å²) in [6, 6.07) is -0.935. The van der Waals surface area contributed by atoms with Crippen molar-refractivity contribution in [2.75, 3.05) is 13.2 Å². The summed E-state index contributed by atoms with van der Waals surface area (Å²) in [7, 11) is 0. The molecule has 1 saturated carbocycles. The zero-order chi connectivity index (χ0) is 15.6. The summed E-state index contributed by atoms with van der Waals surface area (Å²) in [6.45, 7) is 3.42. The van der Waals surface area contributed by atoms with Gasteiger partial charge < -0.3 is 4.74 Å². The summed E-state index contributed by atoms with van der Waals surface area (Å²) >= 11 is 0. The van der Waals surface area contributed by atoms with E-state index in [9.17, 15) is 19.2 Å². The van der Waals surface area contributed by atoms with E-state index in [4.69, 9.17) is 4.74 Å². The highest BCUT2D eigenvalue weighted by Crippen LogP contribution is 2.29. The first-order chi connectivity index (χ1) is 9.95. The van der Waals surface area contributed by atoms with Crippen molar-refractivity contribution in [1.82, 2.24) is 9.80 Å². The van der Waals surface area contributed by atoms with Gasteiger partial charge in [0.05, 0.1) is 6.61 Å². The number of ether oxygens (including phenoxy) is 1. The first-order valence-electron chi connectivity index (χ1n) is 7.30. The molecule has 1 heterocycles. The Morgan fingerprint density at radius 2 is 1.76 bits per heavy atom. The third-order valence-electron chi connectivity index (χ3n) is 4.03. The maximum atomic E-state index is 12.2. The number of hydrogen-bond acceptors (Lipinski definition) is 5. The van der Waals surface area contributed by atoms with Gasteiger partial charge in [0.25, 0.3) is 0 Å². The third kappa shape index (κ3) is 3.06. The molecule has 0 atom stereocenters. The molecule has 0 N–H and O–H groups in total. The van der Waals surface area contributed by atoms with Crippen LogP contribution < -0.4 is 0 Å². The van der Waals surface area contributed by atoms with E-state index in [-0.39, 0.29) is 12.6 Å². The molecule has 2 rings (SSSR count). The van der Waals surface area contributed by atoms with Crippen molar-refractivity contribution in [2.24, 2.45) is 5.92 Å². The number of carbonyl (C=O) groups is 4. The molecule has 0 unspecified atom stereocenters. The molecule has 0 radical (unpaired) electrons. The maximum Gasteiger partial charge on any atom is 0.335 e. The number of nitrogens with zero attached hydrogens (tertiary/aromatic N) is 2. The lowest BCUT2D eigenvalue weighted by Crippen LogP contribution is -2.43. The standard InChI is InChI=1S/C14H20N2O5/c1-3-21-11(17)8-15-12(18)13(19)16(14(15)20)10-6-4-9(2)5-7-10/h9-10H,3-8H2,1-2H3. The van der Waals surface area contributed by atoms with Crippen molar-refractivity contribution in [2.45, 2.75) is 45.6 Å². The van der Waals surface area contributed by atoms with Crippen molar-refractivity contribution in [3.8, 4) is 0 Å². The molecule has 116 valence electrons. The Kier molecular flexibility index (Phi) is 4.59. The molecule has 0 aromatic rings. The van der Waals surface area contributed by atoms with Crippen LogP contribution >= 0.6 is 0 Å². The molecule has 2 fully saturated rings. The molecule has 1 saturated heterocycles. The van der Waals surface area contributed by atoms with Crippen molar-refractivity contribution in [3.05, 3.63) is 0 Å². The summed E-state index contributed by atoms with van der Waals surface area (Å²) in [5.74, 6) is -1.89. The Hall–Kier alpha value is -1.92. The number of urea groups is 1. The Bertz CT molecular complexity index is 468. The molecule has 0 aromatic heterocycles. The second-order valence-corrected chi connectivity index (χ2v) is 5.57. The van der Waals surface area contributed by atoms with Gasteiger partial charge in [-0.1, -0.05) is 6.92 Å². The maximum absolute atomic E-state index is 12.2. The molecule has 4 amide bonds. The minimum Gasteiger partial charge on any atom is -0.465 e. The van der Waals surface area contributed by atoms with E-state index in [2.05, 4.69) is 6.92 Å². The van der Waals surface area contributed by atoms with Crippen molar-refractivity contribution in [1.29, 1.82) is 0 Å². The third-order valence-corrected chi connectivity index (χ3v) is 4.03. The fourth-order valence-electron chi connectivity index (χ4n) is 2.82. The quantitative estimate of drug-likeness (QED) is 0.437. The number of esters is 1. The van der Waals surface area contributed by atoms with Crippen molar-refractivity contribution < 1.29 is 23.9 Å². The smallest absolute Gasteiger partial charge is 0.335 e. The highest BCUT2D eigenvalue weighted by molar-refractivity contribution is 6.45. The molecule has 0 aromatic carbocycles. The zero-order valence-corrected chi connectivity index (χ0v) is 12.3. The summed E-state index contributed by atoms with van der Waals surface area (Å²) in [5, 5.41) is 0. The van der Waals surface area contributed by atoms with Crippen LogP contribution in [0.2, 0.25) is 0 Å². The van der Waals surface area contributed by atoms with Gasteiger partial charge in [-0.25, -0.2) is 9.69 Å². The highest BCUT2D eigenvalue weighted by atomic mass is 16.5. The predicted molar refractivity (Wildman–Crippen MR) is 72.0 cm³/mol. The van der Waals surface area contributed by atoms with Crippen LogP contribution in [0.25, 0.3) is 0 Å². The van der Waals surface area contributed by atoms with Gasteiger partial charge in [0.2, 0.25) is 0 Å². The van der Waals surface area contributed by atoms with Crippen LogP contribution in [0, 0.1) is 5.92 Å². The fraction of sp³-hybridized carbons (Fsp3) is 0.714. The molecular weight excluding hydrogens is 276 g/mol. The van der Waals surface area contributed by atoms with Crippen LogP contribution in [0.15, 0.2) is 0 Å². The van der Waals surface area contributed by atoms with E-state index in [1.54, 1.807) is 6.92 Å². The molecule has 0 bridgehead atoms. The van der Waals surface area contributed by atoms with Crippen LogP contribution in [-0.2, 0) is 19.1 Å². The Labute approximate surface area is 123 Å². The second-order valence-electron chi connectivity index (χ2n) is 5.57. The van der Waals surface area contributed by atoms with Crippen LogP contribution in [0.3, 0.4) is 0 Å². The van der Waals surface area contributed by atoms with Gasteiger partial charge in [0.15, 0.2) is 0 Å². The summed E-state index contributed by atoms with van der Waals surface area (Å²) in [5.41, 5.74) is 0. The van der Waals surface area contributed by atoms with Gasteiger partial charge in [-0.05, 0) is 38.5 Å². The van der Waals surface area contributed by atoms with Crippen LogP contribution in [0.4, 0.5) is 4.79 Å². The normalized spacial score (nSPS) is 26.5. The predicted octanol–water partition coefficient (Wildman–Crippen LogP) is 0.919. The molecule has 0 spiro atoms. The van der Waals surface area contributed by atoms with E-state index in [1.165, 1.54) is 0 Å². The van der Waals surface area contributed by atoms with E-state index < -0.39 is 30.4 Å². The van der Waals surface area contributed by atoms with Gasteiger partial charge in [0, 0.05) is 6.04 Å². The molecule has 7 nitrogen and oxygen atoms in total. The largest absolute Gasteiger partial charge is 0.465 e. The van der Waals surface area contributed by atoms with Crippen molar-refractivity contribution >= 4 is 23.8 Å². The lowest BCUT2D eigenvalue weighted by molar-refractivity contribution is -0.149. The first kappa shape index (κ1) is 15.5. The van der Waals surface area contributed by atoms with Gasteiger partial charge >= 0.3 is 23.8 Å². The Morgan fingerprint density at radius 1 is 1.14 bits per heavy atom. The minimum atomic E-state index is -0.938. The summed E-state index contributed by atoms with van der Waals surface area (Å²) in [6.07, 6.45) is 3.26. The van der Waals surface area contributed by atoms with Gasteiger partial charge in [-0.2, -0.15) is 0 Å². The average molecular weight is 296 g/mol. The van der Waals surface area contributed by atoms with Gasteiger partial charge in [-0.3, -0.25) is 19.3 Å². The monoisotopic (exact) mass is 296 g/mol. The van der Waals surface area contributed by atoms with Crippen molar-refractivity contribution in [3.63, 3.8) is 0 Å². The molecule has 1 aliphatic heterocycles. The SMILES string of the molecule is CCOC(=O)CN1C(=O)C(=O)N(C2CCC(C)CC2)C1=O. The summed E-state index contributed by atoms with van der Waals surface area (Å²) in [4.78, 5) is 49.3. The Morgan fingerprint density at radius 3 is 2.33 bits per heavy atom. The first-order valence-corrected chi connectivity index (χ1v) is 7.30. The Balaban J connectivity index is 2.07. The molecule has 7 heteroatoms.